The molecule has 0 radical (unpaired) electrons. The van der Waals surface area contributed by atoms with Gasteiger partial charge in [0.2, 0.25) is 0 Å². The van der Waals surface area contributed by atoms with Crippen molar-refractivity contribution in [3.05, 3.63) is 152 Å². The zero-order valence-electron chi connectivity index (χ0n) is 25.7. The molecule has 12 nitrogen and oxygen atoms in total. The third-order valence-electron chi connectivity index (χ3n) is 6.06. The number of nitriles is 1. The Labute approximate surface area is 315 Å². The van der Waals surface area contributed by atoms with Crippen molar-refractivity contribution in [3.63, 3.8) is 0 Å². The minimum absolute atomic E-state index is 0. The molecule has 0 aliphatic rings. The number of aromatic nitrogens is 6. The number of thiol groups is 1. The van der Waals surface area contributed by atoms with Crippen molar-refractivity contribution < 1.29 is 42.6 Å². The summed E-state index contributed by atoms with van der Waals surface area (Å²) in [6.07, 6.45) is 9.58. The fraction of sp³-hybridized carbons (Fsp3) is 0. The van der Waals surface area contributed by atoms with Gasteiger partial charge < -0.3 is 34.9 Å². The van der Waals surface area contributed by atoms with Crippen molar-refractivity contribution in [2.45, 2.75) is 0 Å². The van der Waals surface area contributed by atoms with Gasteiger partial charge in [-0.15, -0.1) is 0 Å². The van der Waals surface area contributed by atoms with E-state index in [-0.39, 0.29) is 57.2 Å². The first-order valence-corrected chi connectivity index (χ1v) is 14.1. The van der Waals surface area contributed by atoms with Crippen LogP contribution in [0.25, 0.3) is 38.7 Å². The van der Waals surface area contributed by atoms with Crippen molar-refractivity contribution in [1.29, 1.82) is 5.26 Å². The summed E-state index contributed by atoms with van der Waals surface area (Å²) >= 11 is 3.08. The number of H-pyrrole nitrogens is 2. The molecule has 48 heavy (non-hydrogen) atoms. The molecule has 0 atom stereocenters. The Morgan fingerprint density at radius 3 is 1.90 bits per heavy atom. The Morgan fingerprint density at radius 2 is 1.38 bits per heavy atom. The second-order valence-corrected chi connectivity index (χ2v) is 9.98. The largest absolute Gasteiger partial charge is 1.00 e. The average molecular weight is 947 g/mol. The van der Waals surface area contributed by atoms with Gasteiger partial charge in [0.1, 0.15) is 16.1 Å². The van der Waals surface area contributed by atoms with E-state index in [2.05, 4.69) is 56.7 Å². The van der Waals surface area contributed by atoms with Gasteiger partial charge in [0.25, 0.3) is 11.1 Å². The van der Waals surface area contributed by atoms with Crippen LogP contribution in [0.2, 0.25) is 0 Å². The number of aromatic amines is 2. The molecule has 0 aliphatic heterocycles. The minimum atomic E-state index is -1.49. The monoisotopic (exact) mass is 946 g/mol. The number of hydrogen-bond acceptors (Lipinski definition) is 10. The van der Waals surface area contributed by atoms with Crippen LogP contribution in [0.4, 0.5) is 5.69 Å². The first kappa shape index (κ1) is 39.5. The third kappa shape index (κ3) is 11.3. The molecule has 2 aromatic carbocycles. The van der Waals surface area contributed by atoms with Gasteiger partial charge in [0, 0.05) is 79.4 Å². The molecule has 0 spiro atoms. The van der Waals surface area contributed by atoms with Gasteiger partial charge in [-0.05, 0) is 63.4 Å². The molecule has 0 aliphatic carbocycles. The maximum atomic E-state index is 12.2. The maximum absolute atomic E-state index is 12.2. The van der Waals surface area contributed by atoms with Crippen LogP contribution < -0.4 is 16.6 Å². The molecule has 4 N–H and O–H groups in total. The van der Waals surface area contributed by atoms with Crippen molar-refractivity contribution in [3.8, 4) is 40.0 Å². The van der Waals surface area contributed by atoms with Crippen molar-refractivity contribution in [1.82, 2.24) is 29.9 Å². The van der Waals surface area contributed by atoms with E-state index in [1.165, 1.54) is 18.5 Å². The molecule has 16 heteroatoms. The van der Waals surface area contributed by atoms with Crippen LogP contribution in [0, 0.1) is 49.0 Å². The zero-order chi connectivity index (χ0) is 32.9. The fourth-order valence-electron chi connectivity index (χ4n) is 3.80. The Morgan fingerprint density at radius 1 is 0.812 bits per heavy atom. The van der Waals surface area contributed by atoms with Gasteiger partial charge in [-0.2, -0.15) is 5.26 Å². The number of hydrogen-bond donors (Lipinski definition) is 4. The van der Waals surface area contributed by atoms with Crippen molar-refractivity contribution in [2.24, 2.45) is 0 Å². The SMILES string of the molecule is N#Cc1cccc(-c2cnc(-c3ccncc3)[nH]c2=O)c1.O=c1[nH]c(-c2ccncc2)ncc1Br.[3H-].[C-]#[N+]c1cccc(B(O)O)c1.[SH-].[U]. The molecule has 0 amide bonds. The van der Waals surface area contributed by atoms with Crippen LogP contribution in [0.3, 0.4) is 0 Å². The van der Waals surface area contributed by atoms with E-state index >= 15 is 0 Å². The van der Waals surface area contributed by atoms with E-state index in [1.807, 2.05) is 0 Å². The summed E-state index contributed by atoms with van der Waals surface area (Å²) in [6.45, 7) is 6.64. The molecule has 0 fully saturated rings. The van der Waals surface area contributed by atoms with Gasteiger partial charge in [-0.1, -0.05) is 36.4 Å². The van der Waals surface area contributed by atoms with E-state index in [9.17, 15) is 9.59 Å². The molecule has 6 aromatic rings. The van der Waals surface area contributed by atoms with Crippen LogP contribution in [0.5, 0.6) is 0 Å². The summed E-state index contributed by atoms with van der Waals surface area (Å²) in [4.78, 5) is 48.2. The smallest absolute Gasteiger partial charge is 0.487 e. The molecule has 6 rings (SSSR count). The first-order chi connectivity index (χ1) is 22.3. The summed E-state index contributed by atoms with van der Waals surface area (Å²) < 4.78 is 0.426. The van der Waals surface area contributed by atoms with Gasteiger partial charge in [0.15, 0.2) is 5.69 Å². The average Bonchev–Trinajstić information content (AvgIpc) is 3.10. The predicted molar refractivity (Wildman–Crippen MR) is 186 cm³/mol. The van der Waals surface area contributed by atoms with Crippen LogP contribution in [-0.2, 0) is 13.5 Å². The summed E-state index contributed by atoms with van der Waals surface area (Å²) in [5.41, 5.74) is 3.57. The summed E-state index contributed by atoms with van der Waals surface area (Å²) in [5.74, 6) is 1.03. The Balaban J connectivity index is 0.000000377. The van der Waals surface area contributed by atoms with Gasteiger partial charge in [-0.25, -0.2) is 14.8 Å². The van der Waals surface area contributed by atoms with Gasteiger partial charge in [-0.3, -0.25) is 19.6 Å². The molecule has 238 valence electrons. The van der Waals surface area contributed by atoms with E-state index in [1.54, 1.807) is 91.5 Å². The molecule has 0 unspecified atom stereocenters. The van der Waals surface area contributed by atoms with Crippen LogP contribution >= 0.6 is 15.9 Å². The fourth-order valence-corrected chi connectivity index (χ4v) is 4.01. The quantitative estimate of drug-likeness (QED) is 0.0880. The van der Waals surface area contributed by atoms with Gasteiger partial charge >= 0.3 is 7.12 Å². The molecule has 0 saturated carbocycles. The summed E-state index contributed by atoms with van der Waals surface area (Å²) in [5, 5.41) is 26.3. The first-order valence-electron chi connectivity index (χ1n) is 13.3. The third-order valence-corrected chi connectivity index (χ3v) is 6.63. The molecule has 0 bridgehead atoms. The Hall–Kier alpha value is -4.65. The van der Waals surface area contributed by atoms with E-state index in [0.717, 1.165) is 11.1 Å². The Bertz CT molecular complexity index is 2150. The van der Waals surface area contributed by atoms with Gasteiger partial charge in [0.05, 0.1) is 23.8 Å². The predicted octanol–water partition coefficient (Wildman–Crippen LogP) is 3.72. The van der Waals surface area contributed by atoms with Crippen LogP contribution in [0.15, 0.2) is 124 Å². The molecule has 4 aromatic heterocycles. The number of halogens is 1. The maximum Gasteiger partial charge on any atom is 0.487 e. The van der Waals surface area contributed by atoms with Crippen molar-refractivity contribution >= 4 is 47.7 Å². The van der Waals surface area contributed by atoms with E-state index in [4.69, 9.17) is 21.9 Å². The number of nitrogens with zero attached hydrogens (tertiary/aromatic N) is 6. The number of nitrogens with one attached hydrogen (secondary N) is 2. The van der Waals surface area contributed by atoms with Crippen LogP contribution in [-0.4, -0.2) is 47.1 Å². The van der Waals surface area contributed by atoms with E-state index in [0.29, 0.717) is 44.0 Å². The zero-order valence-corrected chi connectivity index (χ0v) is 31.3. The number of pyridine rings is 2. The normalized spacial score (nSPS) is 9.35. The molecule has 4 heterocycles. The Kier molecular flexibility index (Phi) is 16.4. The molecular formula is C32H24BBrN8O4SU-2. The number of rotatable bonds is 4. The molecule has 0 saturated heterocycles. The second kappa shape index (κ2) is 19.9. The summed E-state index contributed by atoms with van der Waals surface area (Å²) in [7, 11) is -1.49. The molecular weight excluding hydrogens is 921 g/mol. The van der Waals surface area contributed by atoms with E-state index < -0.39 is 7.12 Å². The van der Waals surface area contributed by atoms with Crippen LogP contribution in [0.1, 0.15) is 6.99 Å². The number of benzene rings is 2. The minimum Gasteiger partial charge on any atom is -1.00 e. The van der Waals surface area contributed by atoms with Crippen molar-refractivity contribution in [2.75, 3.05) is 0 Å². The standard InChI is InChI=1S/C16H10N4O.C9H6BrN3O.C7H6BNO2.H2S.U.H/c17-9-11-2-1-3-13(8-11)14-10-19-15(20-16(14)21)12-4-6-18-7-5-12;10-7-5-12-8(13-9(7)14)6-1-3-11-4-2-6;1-9-7-4-2-3-6(5-7)8(10)11;;;/h1-8,10H,(H,19,20,21);1-5H,(H,12,13,14);2-5,10-11H;1H2;;/q;;;;;-1/p-1/i;;;;;1+2. The summed E-state index contributed by atoms with van der Waals surface area (Å²) in [6, 6.07) is 22.3. The topological polar surface area (TPSA) is 186 Å². The second-order valence-electron chi connectivity index (χ2n) is 9.13.